The number of urea groups is 1. The topological polar surface area (TPSA) is 66.5 Å². The number of carbonyl (C=O) groups is 3. The molecule has 5 nitrogen and oxygen atoms in total. The van der Waals surface area contributed by atoms with E-state index in [1.807, 2.05) is 44.2 Å². The van der Waals surface area contributed by atoms with Crippen LogP contribution in [0.4, 0.5) is 10.5 Å². The Kier molecular flexibility index (Phi) is 6.53. The Bertz CT molecular complexity index is 1350. The third-order valence-corrected chi connectivity index (χ3v) is 6.51. The number of hydrogen-bond acceptors (Lipinski definition) is 3. The number of hydrogen-bond donors (Lipinski definition) is 1. The van der Waals surface area contributed by atoms with Gasteiger partial charge in [-0.3, -0.25) is 14.9 Å². The maximum Gasteiger partial charge on any atom is 0.335 e. The SMILES string of the molecule is Cc1cc(C)cc(Cc2ccc(/C=C3\C(=O)NC(=O)N(c4cc(C)ccc4C)C3=O)cc2Br)c1. The number of benzene rings is 3. The van der Waals surface area contributed by atoms with Gasteiger partial charge in [-0.05, 0) is 80.1 Å². The summed E-state index contributed by atoms with van der Waals surface area (Å²) >= 11 is 3.63. The minimum atomic E-state index is -0.745. The van der Waals surface area contributed by atoms with E-state index in [2.05, 4.69) is 53.3 Å². The zero-order valence-corrected chi connectivity index (χ0v) is 21.1. The number of amides is 4. The Balaban J connectivity index is 1.65. The molecule has 4 amide bonds. The average molecular weight is 517 g/mol. The predicted octanol–water partition coefficient (Wildman–Crippen LogP) is 5.94. The zero-order valence-electron chi connectivity index (χ0n) is 19.5. The van der Waals surface area contributed by atoms with Crippen molar-refractivity contribution in [1.29, 1.82) is 0 Å². The quantitative estimate of drug-likeness (QED) is 0.344. The fourth-order valence-electron chi connectivity index (χ4n) is 4.19. The number of barbiturate groups is 1. The van der Waals surface area contributed by atoms with Crippen LogP contribution >= 0.6 is 15.9 Å². The molecule has 0 atom stereocenters. The number of nitrogens with zero attached hydrogens (tertiary/aromatic N) is 1. The Hall–Kier alpha value is -3.51. The molecule has 0 unspecified atom stereocenters. The maximum atomic E-state index is 13.2. The highest BCUT2D eigenvalue weighted by atomic mass is 79.9. The Morgan fingerprint density at radius 3 is 2.24 bits per heavy atom. The molecule has 4 rings (SSSR count). The molecular weight excluding hydrogens is 492 g/mol. The molecule has 1 N–H and O–H groups in total. The Morgan fingerprint density at radius 1 is 0.853 bits per heavy atom. The summed E-state index contributed by atoms with van der Waals surface area (Å²) in [5.74, 6) is -1.34. The molecule has 6 heteroatoms. The fraction of sp³-hybridized carbons (Fsp3) is 0.179. The molecule has 1 heterocycles. The van der Waals surface area contributed by atoms with Crippen molar-refractivity contribution in [3.8, 4) is 0 Å². The van der Waals surface area contributed by atoms with E-state index >= 15 is 0 Å². The first-order chi connectivity index (χ1) is 16.1. The summed E-state index contributed by atoms with van der Waals surface area (Å²) in [6.07, 6.45) is 2.28. The molecule has 0 bridgehead atoms. The minimum Gasteiger partial charge on any atom is -0.273 e. The van der Waals surface area contributed by atoms with E-state index in [0.29, 0.717) is 11.3 Å². The van der Waals surface area contributed by atoms with E-state index in [4.69, 9.17) is 0 Å². The third kappa shape index (κ3) is 4.87. The number of carbonyl (C=O) groups excluding carboxylic acids is 3. The molecule has 0 radical (unpaired) electrons. The normalized spacial score (nSPS) is 15.1. The van der Waals surface area contributed by atoms with Gasteiger partial charge in [0.2, 0.25) is 0 Å². The van der Waals surface area contributed by atoms with Crippen molar-refractivity contribution in [2.75, 3.05) is 4.90 Å². The molecular formula is C28H25BrN2O3. The van der Waals surface area contributed by atoms with E-state index in [9.17, 15) is 14.4 Å². The van der Waals surface area contributed by atoms with Crippen LogP contribution in [0.2, 0.25) is 0 Å². The van der Waals surface area contributed by atoms with Gasteiger partial charge in [0.1, 0.15) is 5.57 Å². The molecule has 0 saturated carbocycles. The van der Waals surface area contributed by atoms with Crippen LogP contribution in [0, 0.1) is 27.7 Å². The first-order valence-electron chi connectivity index (χ1n) is 11.0. The highest BCUT2D eigenvalue weighted by molar-refractivity contribution is 9.10. The van der Waals surface area contributed by atoms with Crippen LogP contribution in [0.3, 0.4) is 0 Å². The molecule has 0 aromatic heterocycles. The fourth-order valence-corrected chi connectivity index (χ4v) is 4.73. The molecule has 1 aliphatic heterocycles. The Labute approximate surface area is 207 Å². The van der Waals surface area contributed by atoms with Crippen molar-refractivity contribution in [2.45, 2.75) is 34.1 Å². The van der Waals surface area contributed by atoms with Gasteiger partial charge < -0.3 is 0 Å². The van der Waals surface area contributed by atoms with Gasteiger partial charge in [0.25, 0.3) is 11.8 Å². The van der Waals surface area contributed by atoms with Crippen molar-refractivity contribution < 1.29 is 14.4 Å². The monoisotopic (exact) mass is 516 g/mol. The summed E-state index contributed by atoms with van der Waals surface area (Å²) in [4.78, 5) is 39.3. The van der Waals surface area contributed by atoms with Gasteiger partial charge in [-0.25, -0.2) is 9.69 Å². The van der Waals surface area contributed by atoms with Crippen LogP contribution in [0.5, 0.6) is 0 Å². The number of imide groups is 2. The summed E-state index contributed by atoms with van der Waals surface area (Å²) in [6, 6.07) is 17.0. The van der Waals surface area contributed by atoms with Gasteiger partial charge in [-0.1, -0.05) is 69.5 Å². The molecule has 1 aliphatic rings. The van der Waals surface area contributed by atoms with Crippen LogP contribution in [-0.4, -0.2) is 17.8 Å². The standard InChI is InChI=1S/C28H25BrN2O3/c1-16-5-6-19(4)25(12-16)31-27(33)23(26(32)30-28(31)34)14-20-7-8-22(24(29)15-20)13-21-10-17(2)9-18(3)11-21/h5-12,14-15H,13H2,1-4H3,(H,30,32,34)/b23-14+. The molecule has 0 spiro atoms. The first-order valence-corrected chi connectivity index (χ1v) is 11.8. The van der Waals surface area contributed by atoms with E-state index in [1.165, 1.54) is 22.8 Å². The molecule has 3 aromatic carbocycles. The summed E-state index contributed by atoms with van der Waals surface area (Å²) in [5, 5.41) is 2.29. The van der Waals surface area contributed by atoms with Gasteiger partial charge in [0.15, 0.2) is 0 Å². The zero-order chi connectivity index (χ0) is 24.6. The maximum absolute atomic E-state index is 13.2. The largest absolute Gasteiger partial charge is 0.335 e. The first kappa shape index (κ1) is 23.6. The summed E-state index contributed by atoms with van der Waals surface area (Å²) in [5.41, 5.74) is 7.49. The number of rotatable bonds is 4. The number of aryl methyl sites for hydroxylation is 4. The summed E-state index contributed by atoms with van der Waals surface area (Å²) in [6.45, 7) is 7.87. The molecule has 1 saturated heterocycles. The summed E-state index contributed by atoms with van der Waals surface area (Å²) in [7, 11) is 0. The molecule has 172 valence electrons. The second kappa shape index (κ2) is 9.39. The van der Waals surface area contributed by atoms with Gasteiger partial charge in [0, 0.05) is 4.47 Å². The second-order valence-electron chi connectivity index (χ2n) is 8.77. The number of halogens is 1. The lowest BCUT2D eigenvalue weighted by atomic mass is 9.99. The van der Waals surface area contributed by atoms with Crippen LogP contribution in [0.1, 0.15) is 38.9 Å². The smallest absolute Gasteiger partial charge is 0.273 e. The lowest BCUT2D eigenvalue weighted by molar-refractivity contribution is -0.122. The van der Waals surface area contributed by atoms with Gasteiger partial charge in [-0.2, -0.15) is 0 Å². The van der Waals surface area contributed by atoms with Gasteiger partial charge >= 0.3 is 6.03 Å². The van der Waals surface area contributed by atoms with Gasteiger partial charge in [0.05, 0.1) is 5.69 Å². The van der Waals surface area contributed by atoms with Crippen molar-refractivity contribution in [3.63, 3.8) is 0 Å². The highest BCUT2D eigenvalue weighted by Gasteiger charge is 2.37. The van der Waals surface area contributed by atoms with E-state index in [-0.39, 0.29) is 5.57 Å². The van der Waals surface area contributed by atoms with Crippen molar-refractivity contribution in [3.05, 3.63) is 104 Å². The molecule has 3 aromatic rings. The second-order valence-corrected chi connectivity index (χ2v) is 9.63. The van der Waals surface area contributed by atoms with E-state index in [0.717, 1.165) is 32.5 Å². The van der Waals surface area contributed by atoms with E-state index < -0.39 is 17.8 Å². The van der Waals surface area contributed by atoms with Gasteiger partial charge in [-0.15, -0.1) is 0 Å². The highest BCUT2D eigenvalue weighted by Crippen LogP contribution is 2.28. The number of anilines is 1. The third-order valence-electron chi connectivity index (χ3n) is 5.77. The van der Waals surface area contributed by atoms with Crippen molar-refractivity contribution >= 4 is 45.5 Å². The minimum absolute atomic E-state index is 0.0885. The lowest BCUT2D eigenvalue weighted by Crippen LogP contribution is -2.54. The Morgan fingerprint density at radius 2 is 1.56 bits per heavy atom. The average Bonchev–Trinajstić information content (AvgIpc) is 2.74. The van der Waals surface area contributed by atoms with Crippen molar-refractivity contribution in [1.82, 2.24) is 5.32 Å². The summed E-state index contributed by atoms with van der Waals surface area (Å²) < 4.78 is 0.882. The molecule has 0 aliphatic carbocycles. The van der Waals surface area contributed by atoms with Crippen LogP contribution < -0.4 is 10.2 Å². The molecule has 34 heavy (non-hydrogen) atoms. The number of nitrogens with one attached hydrogen (secondary N) is 1. The van der Waals surface area contributed by atoms with E-state index in [1.54, 1.807) is 6.07 Å². The predicted molar refractivity (Wildman–Crippen MR) is 138 cm³/mol. The van der Waals surface area contributed by atoms with Crippen LogP contribution in [0.25, 0.3) is 6.08 Å². The van der Waals surface area contributed by atoms with Crippen LogP contribution in [-0.2, 0) is 16.0 Å². The lowest BCUT2D eigenvalue weighted by Gasteiger charge is -2.27. The molecule has 1 fully saturated rings. The van der Waals surface area contributed by atoms with Crippen LogP contribution in [0.15, 0.2) is 64.6 Å². The van der Waals surface area contributed by atoms with Crippen molar-refractivity contribution in [2.24, 2.45) is 0 Å².